The van der Waals surface area contributed by atoms with Crippen LogP contribution in [0.25, 0.3) is 0 Å². The molecule has 1 aliphatic rings. The van der Waals surface area contributed by atoms with Crippen molar-refractivity contribution in [3.8, 4) is 5.75 Å². The Morgan fingerprint density at radius 3 is 1.95 bits per heavy atom. The summed E-state index contributed by atoms with van der Waals surface area (Å²) in [4.78, 5) is 54.6. The Kier molecular flexibility index (Phi) is 17.6. The molecule has 3 rings (SSSR count). The van der Waals surface area contributed by atoms with E-state index in [1.54, 1.807) is 52.1 Å². The molecule has 15 nitrogen and oxygen atoms in total. The first-order valence-corrected chi connectivity index (χ1v) is 27.4. The van der Waals surface area contributed by atoms with Gasteiger partial charge in [-0.15, -0.1) is 0 Å². The van der Waals surface area contributed by atoms with Crippen LogP contribution in [0.5, 0.6) is 5.75 Å². The largest absolute Gasteiger partial charge is 0.497 e. The number of nitrogens with zero attached hydrogens (tertiary/aromatic N) is 2. The van der Waals surface area contributed by atoms with E-state index in [-0.39, 0.29) is 41.5 Å². The fraction of sp³-hybridized carbons (Fsp3) is 0.727. The molecule has 1 fully saturated rings. The number of aromatic nitrogens is 2. The van der Waals surface area contributed by atoms with Gasteiger partial charge in [-0.25, -0.2) is 4.79 Å². The summed E-state index contributed by atoms with van der Waals surface area (Å²) in [6.07, 6.45) is -3.55. The molecule has 1 saturated heterocycles. The van der Waals surface area contributed by atoms with Gasteiger partial charge in [-0.2, -0.15) is 0 Å². The molecule has 0 aliphatic carbocycles. The van der Waals surface area contributed by atoms with Gasteiger partial charge in [0.25, 0.3) is 5.56 Å². The van der Waals surface area contributed by atoms with Crippen LogP contribution in [0, 0.1) is 5.92 Å². The molecule has 1 aromatic heterocycles. The minimum Gasteiger partial charge on any atom is -0.497 e. The zero-order valence-electron chi connectivity index (χ0n) is 39.7. The van der Waals surface area contributed by atoms with Gasteiger partial charge in [0.15, 0.2) is 22.9 Å². The van der Waals surface area contributed by atoms with Gasteiger partial charge in [0.1, 0.15) is 41.8 Å². The molecule has 0 bridgehead atoms. The van der Waals surface area contributed by atoms with Crippen molar-refractivity contribution in [1.29, 1.82) is 0 Å². The van der Waals surface area contributed by atoms with Crippen molar-refractivity contribution in [3.63, 3.8) is 0 Å². The molecule has 61 heavy (non-hydrogen) atoms. The maximum atomic E-state index is 14.5. The van der Waals surface area contributed by atoms with Crippen LogP contribution < -0.4 is 32.4 Å². The Balaban J connectivity index is 2.18. The van der Waals surface area contributed by atoms with Crippen LogP contribution in [0.4, 0.5) is 0 Å². The number of aliphatic hydroxyl groups is 1. The number of nitrogens with one attached hydrogen (secondary N) is 2. The molecule has 0 spiro atoms. The second kappa shape index (κ2) is 20.6. The molecule has 17 heteroatoms. The Morgan fingerprint density at radius 2 is 1.44 bits per heavy atom. The number of carbonyl (C=O) groups is 2. The third kappa shape index (κ3) is 13.9. The van der Waals surface area contributed by atoms with Gasteiger partial charge in [-0.1, -0.05) is 67.5 Å². The van der Waals surface area contributed by atoms with E-state index in [0.717, 1.165) is 4.57 Å². The zero-order chi connectivity index (χ0) is 46.5. The van der Waals surface area contributed by atoms with E-state index in [0.29, 0.717) is 24.2 Å². The molecular formula is C44H77N5O10Si2. The maximum absolute atomic E-state index is 14.5. The average molecular weight is 892 g/mol. The Labute approximate surface area is 365 Å². The van der Waals surface area contributed by atoms with Crippen LogP contribution in [0.15, 0.2) is 46.1 Å². The molecule has 2 heterocycles. The van der Waals surface area contributed by atoms with Crippen LogP contribution in [-0.2, 0) is 34.5 Å². The first kappa shape index (κ1) is 52.2. The summed E-state index contributed by atoms with van der Waals surface area (Å²) in [6.45, 7) is 30.6. The number of amides is 1. The number of ether oxygens (including phenoxy) is 3. The molecule has 5 N–H and O–H groups in total. The number of hydrogen-bond acceptors (Lipinski definition) is 12. The third-order valence-corrected chi connectivity index (χ3v) is 20.9. The van der Waals surface area contributed by atoms with E-state index >= 15 is 0 Å². The highest BCUT2D eigenvalue weighted by Gasteiger charge is 2.57. The monoisotopic (exact) mass is 892 g/mol. The molecule has 1 aromatic carbocycles. The number of nitrogens with two attached hydrogens (primary N) is 1. The van der Waals surface area contributed by atoms with Crippen molar-refractivity contribution >= 4 is 28.5 Å². The number of benzene rings is 1. The standard InChI is InChI=1S/C44H77N5O10Si2/c1-28(2)26-31(45)38(52)47-24-17-23-46-33(40(53)57-42(3,4)5)34(51)35-36(58-60(13,14)43(6,7)8)37(59-61(15,16)44(9,10)11)39(56-35)48-25-22-32(50)49(41(48)54)27-29-18-20-30(55-12)21-19-29/h18-22,25,28,31,33-37,39,46,51H,17,23-24,26-27,45H2,1-16H3,(H,47,52)/t31-,33-,34+,35+,36+,37+,39+/m0/s1. The number of hydrogen-bond donors (Lipinski definition) is 4. The normalized spacial score (nSPS) is 20.6. The highest BCUT2D eigenvalue weighted by atomic mass is 28.4. The maximum Gasteiger partial charge on any atom is 0.333 e. The van der Waals surface area contributed by atoms with Gasteiger partial charge in [-0.05, 0) is 100 Å². The highest BCUT2D eigenvalue weighted by molar-refractivity contribution is 6.74. The van der Waals surface area contributed by atoms with Crippen molar-refractivity contribution < 1.29 is 37.8 Å². The summed E-state index contributed by atoms with van der Waals surface area (Å²) in [6, 6.07) is 6.44. The lowest BCUT2D eigenvalue weighted by atomic mass is 9.99. The lowest BCUT2D eigenvalue weighted by molar-refractivity contribution is -0.166. The molecule has 7 atom stereocenters. The minimum absolute atomic E-state index is 0.0202. The number of methoxy groups -OCH3 is 1. The second-order valence-electron chi connectivity index (χ2n) is 20.8. The number of rotatable bonds is 19. The van der Waals surface area contributed by atoms with E-state index in [2.05, 4.69) is 78.4 Å². The van der Waals surface area contributed by atoms with Gasteiger partial charge >= 0.3 is 11.7 Å². The van der Waals surface area contributed by atoms with Gasteiger partial charge in [-0.3, -0.25) is 23.5 Å². The molecule has 1 amide bonds. The van der Waals surface area contributed by atoms with E-state index in [4.69, 9.17) is 28.8 Å². The number of aliphatic hydroxyl groups excluding tert-OH is 1. The quantitative estimate of drug-likeness (QED) is 0.0811. The van der Waals surface area contributed by atoms with E-state index in [1.807, 2.05) is 13.8 Å². The van der Waals surface area contributed by atoms with Gasteiger partial charge in [0.2, 0.25) is 5.91 Å². The van der Waals surface area contributed by atoms with Crippen molar-refractivity contribution in [2.75, 3.05) is 20.2 Å². The van der Waals surface area contributed by atoms with Crippen LogP contribution in [0.1, 0.15) is 101 Å². The summed E-state index contributed by atoms with van der Waals surface area (Å²) >= 11 is 0. The number of carbonyl (C=O) groups excluding carboxylic acids is 2. The van der Waals surface area contributed by atoms with Crippen molar-refractivity contribution in [3.05, 3.63) is 62.9 Å². The van der Waals surface area contributed by atoms with Gasteiger partial charge in [0.05, 0.1) is 19.7 Å². The first-order chi connectivity index (χ1) is 27.9. The zero-order valence-corrected chi connectivity index (χ0v) is 41.7. The molecule has 1 aliphatic heterocycles. The van der Waals surface area contributed by atoms with Crippen LogP contribution in [0.2, 0.25) is 36.3 Å². The predicted molar refractivity (Wildman–Crippen MR) is 244 cm³/mol. The van der Waals surface area contributed by atoms with Crippen molar-refractivity contribution in [2.24, 2.45) is 11.7 Å². The van der Waals surface area contributed by atoms with E-state index in [1.165, 1.54) is 16.8 Å². The van der Waals surface area contributed by atoms with Crippen molar-refractivity contribution in [1.82, 2.24) is 19.8 Å². The Bertz CT molecular complexity index is 1880. The molecule has 346 valence electrons. The fourth-order valence-corrected chi connectivity index (χ4v) is 9.03. The second-order valence-corrected chi connectivity index (χ2v) is 30.3. The number of esters is 1. The SMILES string of the molecule is COc1ccc(Cn2c(=O)ccn([C@@H]3O[C@H]([C@H](O)[C@H](NCCCNC(=O)[C@@H](N)CC(C)C)C(=O)OC(C)(C)C)[C@@H](O[Si](C)(C)C(C)(C)C)[C@H]3O[Si](C)(C)C(C)(C)C)c2=O)cc1. The Hall–Kier alpha value is -3.17. The topological polar surface area (TPSA) is 195 Å². The highest BCUT2D eigenvalue weighted by Crippen LogP contribution is 2.46. The lowest BCUT2D eigenvalue weighted by Gasteiger charge is -2.44. The summed E-state index contributed by atoms with van der Waals surface area (Å²) in [7, 11) is -3.84. The molecule has 0 saturated carbocycles. The fourth-order valence-electron chi connectivity index (χ4n) is 6.44. The van der Waals surface area contributed by atoms with Crippen molar-refractivity contribution in [2.45, 2.75) is 180 Å². The molecular weight excluding hydrogens is 815 g/mol. The third-order valence-electron chi connectivity index (χ3n) is 12.0. The molecule has 0 radical (unpaired) electrons. The Morgan fingerprint density at radius 1 is 0.885 bits per heavy atom. The van der Waals surface area contributed by atoms with E-state index < -0.39 is 82.2 Å². The first-order valence-electron chi connectivity index (χ1n) is 21.5. The van der Waals surface area contributed by atoms with Gasteiger partial charge < -0.3 is 44.5 Å². The average Bonchev–Trinajstić information content (AvgIpc) is 3.45. The van der Waals surface area contributed by atoms with E-state index in [9.17, 15) is 24.3 Å². The lowest BCUT2D eigenvalue weighted by Crippen LogP contribution is -2.59. The summed E-state index contributed by atoms with van der Waals surface area (Å²) in [5.74, 6) is -0.0752. The van der Waals surface area contributed by atoms with Crippen LogP contribution in [0.3, 0.4) is 0 Å². The van der Waals surface area contributed by atoms with Crippen LogP contribution in [-0.4, -0.2) is 105 Å². The van der Waals surface area contributed by atoms with Gasteiger partial charge in [0, 0.05) is 18.8 Å². The summed E-state index contributed by atoms with van der Waals surface area (Å²) in [5.41, 5.74) is 4.73. The smallest absolute Gasteiger partial charge is 0.333 e. The summed E-state index contributed by atoms with van der Waals surface area (Å²) in [5, 5.41) is 18.0. The predicted octanol–water partition coefficient (Wildman–Crippen LogP) is 5.29. The summed E-state index contributed by atoms with van der Waals surface area (Å²) < 4.78 is 34.9. The molecule has 0 unspecified atom stereocenters. The minimum atomic E-state index is -2.71. The van der Waals surface area contributed by atoms with Crippen LogP contribution >= 0.6 is 0 Å². The molecule has 2 aromatic rings.